The predicted octanol–water partition coefficient (Wildman–Crippen LogP) is 3.59. The van der Waals surface area contributed by atoms with Crippen LogP contribution in [0.3, 0.4) is 0 Å². The zero-order valence-corrected chi connectivity index (χ0v) is 15.1. The van der Waals surface area contributed by atoms with Gasteiger partial charge in [0.05, 0.1) is 16.2 Å². The van der Waals surface area contributed by atoms with Gasteiger partial charge in [0.15, 0.2) is 0 Å². The van der Waals surface area contributed by atoms with E-state index in [9.17, 15) is 9.59 Å². The average Bonchev–Trinajstić information content (AvgIpc) is 3.01. The van der Waals surface area contributed by atoms with E-state index in [1.807, 2.05) is 24.3 Å². The molecular formula is C18H18N2O2S2. The second-order valence-electron chi connectivity index (χ2n) is 5.60. The van der Waals surface area contributed by atoms with Crippen LogP contribution in [0, 0.1) is 0 Å². The highest BCUT2D eigenvalue weighted by Gasteiger charge is 2.41. The Bertz CT molecular complexity index is 770. The SMILES string of the molecule is C=CCN1C(=O)/C(=C2/C(=O)N(CCCC)c3ccccc32)SC1=S. The normalized spacial score (nSPS) is 20.1. The van der Waals surface area contributed by atoms with Crippen LogP contribution in [0.5, 0.6) is 0 Å². The number of para-hydroxylation sites is 1. The Morgan fingerprint density at radius 1 is 1.21 bits per heavy atom. The number of amides is 2. The van der Waals surface area contributed by atoms with Crippen molar-refractivity contribution in [2.24, 2.45) is 0 Å². The topological polar surface area (TPSA) is 40.6 Å². The van der Waals surface area contributed by atoms with Crippen LogP contribution in [-0.2, 0) is 9.59 Å². The molecule has 0 aromatic heterocycles. The first-order chi connectivity index (χ1) is 11.6. The summed E-state index contributed by atoms with van der Waals surface area (Å²) in [5.74, 6) is -0.316. The van der Waals surface area contributed by atoms with E-state index in [1.54, 1.807) is 11.0 Å². The summed E-state index contributed by atoms with van der Waals surface area (Å²) in [6, 6.07) is 7.63. The molecule has 0 bridgehead atoms. The number of rotatable bonds is 5. The maximum absolute atomic E-state index is 13.0. The van der Waals surface area contributed by atoms with Crippen molar-refractivity contribution in [1.82, 2.24) is 4.90 Å². The number of benzene rings is 1. The van der Waals surface area contributed by atoms with Crippen molar-refractivity contribution in [3.05, 3.63) is 47.4 Å². The number of nitrogens with zero attached hydrogens (tertiary/aromatic N) is 2. The number of hydrogen-bond donors (Lipinski definition) is 0. The summed E-state index contributed by atoms with van der Waals surface area (Å²) in [4.78, 5) is 29.4. The molecule has 4 nitrogen and oxygen atoms in total. The minimum atomic E-state index is -0.208. The molecule has 1 aromatic rings. The fraction of sp³-hybridized carbons (Fsp3) is 0.278. The molecule has 124 valence electrons. The van der Waals surface area contributed by atoms with Crippen molar-refractivity contribution < 1.29 is 9.59 Å². The summed E-state index contributed by atoms with van der Waals surface area (Å²) >= 11 is 6.50. The highest BCUT2D eigenvalue weighted by molar-refractivity contribution is 8.26. The number of unbranched alkanes of at least 4 members (excludes halogenated alkanes) is 1. The highest BCUT2D eigenvalue weighted by Crippen LogP contribution is 2.44. The van der Waals surface area contributed by atoms with E-state index >= 15 is 0 Å². The Morgan fingerprint density at radius 3 is 2.67 bits per heavy atom. The zero-order valence-electron chi connectivity index (χ0n) is 13.4. The standard InChI is InChI=1S/C18H18N2O2S2/c1-3-5-11-19-13-9-7-6-8-12(13)14(16(19)21)15-17(22)20(10-4-2)18(23)24-15/h4,6-9H,2-3,5,10-11H2,1H3/b15-14-. The number of hydrogen-bond acceptors (Lipinski definition) is 4. The molecule has 0 atom stereocenters. The van der Waals surface area contributed by atoms with E-state index in [1.165, 1.54) is 16.7 Å². The molecule has 6 heteroatoms. The maximum atomic E-state index is 13.0. The number of fused-ring (bicyclic) bond motifs is 1. The lowest BCUT2D eigenvalue weighted by molar-refractivity contribution is -0.122. The number of anilines is 1. The number of carbonyl (C=O) groups excluding carboxylic acids is 2. The lowest BCUT2D eigenvalue weighted by atomic mass is 10.1. The first kappa shape index (κ1) is 16.9. The van der Waals surface area contributed by atoms with E-state index in [0.29, 0.717) is 27.9 Å². The Labute approximate surface area is 151 Å². The van der Waals surface area contributed by atoms with Crippen LogP contribution in [0.4, 0.5) is 5.69 Å². The molecule has 2 aliphatic heterocycles. The van der Waals surface area contributed by atoms with E-state index in [0.717, 1.165) is 24.1 Å². The van der Waals surface area contributed by atoms with Gasteiger partial charge in [-0.3, -0.25) is 14.5 Å². The van der Waals surface area contributed by atoms with Crippen LogP contribution in [0.15, 0.2) is 41.8 Å². The fourth-order valence-electron chi connectivity index (χ4n) is 2.87. The van der Waals surface area contributed by atoms with Crippen molar-refractivity contribution in [3.8, 4) is 0 Å². The fourth-order valence-corrected chi connectivity index (χ4v) is 4.22. The summed E-state index contributed by atoms with van der Waals surface area (Å²) in [6.45, 7) is 6.76. The van der Waals surface area contributed by atoms with E-state index < -0.39 is 0 Å². The van der Waals surface area contributed by atoms with Crippen LogP contribution < -0.4 is 4.90 Å². The smallest absolute Gasteiger partial charge is 0.267 e. The predicted molar refractivity (Wildman–Crippen MR) is 103 cm³/mol. The highest BCUT2D eigenvalue weighted by atomic mass is 32.2. The third-order valence-corrected chi connectivity index (χ3v) is 5.49. The Hall–Kier alpha value is -1.92. The van der Waals surface area contributed by atoms with Gasteiger partial charge in [0.25, 0.3) is 11.8 Å². The van der Waals surface area contributed by atoms with Gasteiger partial charge in [0.1, 0.15) is 4.32 Å². The van der Waals surface area contributed by atoms with E-state index in [-0.39, 0.29) is 11.8 Å². The average molecular weight is 358 g/mol. The van der Waals surface area contributed by atoms with Gasteiger partial charge in [-0.2, -0.15) is 0 Å². The molecule has 1 fully saturated rings. The van der Waals surface area contributed by atoms with Crippen LogP contribution in [0.25, 0.3) is 5.57 Å². The third-order valence-electron chi connectivity index (χ3n) is 4.05. The van der Waals surface area contributed by atoms with Crippen LogP contribution >= 0.6 is 24.0 Å². The second kappa shape index (κ2) is 6.91. The third kappa shape index (κ3) is 2.70. The summed E-state index contributed by atoms with van der Waals surface area (Å²) in [5, 5.41) is 0. The molecular weight excluding hydrogens is 340 g/mol. The van der Waals surface area contributed by atoms with Gasteiger partial charge in [-0.25, -0.2) is 0 Å². The molecule has 0 unspecified atom stereocenters. The summed E-state index contributed by atoms with van der Waals surface area (Å²) in [5.41, 5.74) is 2.17. The van der Waals surface area contributed by atoms with Gasteiger partial charge < -0.3 is 4.90 Å². The Morgan fingerprint density at radius 2 is 1.96 bits per heavy atom. The van der Waals surface area contributed by atoms with Crippen LogP contribution in [-0.4, -0.2) is 34.1 Å². The first-order valence-corrected chi connectivity index (χ1v) is 9.12. The molecule has 24 heavy (non-hydrogen) atoms. The molecule has 2 aliphatic rings. The first-order valence-electron chi connectivity index (χ1n) is 7.90. The zero-order chi connectivity index (χ0) is 17.3. The molecule has 3 rings (SSSR count). The quantitative estimate of drug-likeness (QED) is 0.458. The number of thiocarbonyl (C=S) groups is 1. The molecule has 0 spiro atoms. The second-order valence-corrected chi connectivity index (χ2v) is 7.25. The van der Waals surface area contributed by atoms with Gasteiger partial charge in [-0.15, -0.1) is 6.58 Å². The largest absolute Gasteiger partial charge is 0.308 e. The Balaban J connectivity index is 2.08. The molecule has 2 amide bonds. The summed E-state index contributed by atoms with van der Waals surface area (Å²) in [6.07, 6.45) is 3.56. The van der Waals surface area contributed by atoms with Gasteiger partial charge in [0.2, 0.25) is 0 Å². The van der Waals surface area contributed by atoms with Crippen LogP contribution in [0.2, 0.25) is 0 Å². The van der Waals surface area contributed by atoms with Crippen molar-refractivity contribution >= 4 is 51.4 Å². The molecule has 0 N–H and O–H groups in total. The Kier molecular flexibility index (Phi) is 4.87. The monoisotopic (exact) mass is 358 g/mol. The lowest BCUT2D eigenvalue weighted by Gasteiger charge is -2.16. The van der Waals surface area contributed by atoms with Gasteiger partial charge in [-0.1, -0.05) is 61.6 Å². The summed E-state index contributed by atoms with van der Waals surface area (Å²) in [7, 11) is 0. The minimum Gasteiger partial charge on any atom is -0.308 e. The molecule has 2 heterocycles. The van der Waals surface area contributed by atoms with Gasteiger partial charge in [0, 0.05) is 18.7 Å². The van der Waals surface area contributed by atoms with Crippen molar-refractivity contribution in [3.63, 3.8) is 0 Å². The molecule has 1 aromatic carbocycles. The minimum absolute atomic E-state index is 0.108. The van der Waals surface area contributed by atoms with E-state index in [4.69, 9.17) is 12.2 Å². The van der Waals surface area contributed by atoms with Crippen molar-refractivity contribution in [1.29, 1.82) is 0 Å². The van der Waals surface area contributed by atoms with Crippen molar-refractivity contribution in [2.75, 3.05) is 18.0 Å². The summed E-state index contributed by atoms with van der Waals surface area (Å²) < 4.78 is 0.472. The van der Waals surface area contributed by atoms with Gasteiger partial charge in [-0.05, 0) is 12.5 Å². The van der Waals surface area contributed by atoms with Crippen molar-refractivity contribution in [2.45, 2.75) is 19.8 Å². The molecule has 0 saturated carbocycles. The van der Waals surface area contributed by atoms with Gasteiger partial charge >= 0.3 is 0 Å². The molecule has 1 saturated heterocycles. The molecule has 0 aliphatic carbocycles. The van der Waals surface area contributed by atoms with E-state index in [2.05, 4.69) is 13.5 Å². The van der Waals surface area contributed by atoms with Crippen LogP contribution in [0.1, 0.15) is 25.3 Å². The number of carbonyl (C=O) groups is 2. The molecule has 0 radical (unpaired) electrons. The maximum Gasteiger partial charge on any atom is 0.267 e. The number of thioether (sulfide) groups is 1. The lowest BCUT2D eigenvalue weighted by Crippen LogP contribution is -2.30.